The van der Waals surface area contributed by atoms with Crippen LogP contribution in [0.5, 0.6) is 5.75 Å². The average molecular weight is 277 g/mol. The number of amides is 1. The number of rotatable bonds is 4. The number of nitrogens with one attached hydrogen (secondary N) is 1. The van der Waals surface area contributed by atoms with E-state index >= 15 is 0 Å². The molecular formula is C15H19NO4. The highest BCUT2D eigenvalue weighted by Gasteiger charge is 2.13. The second kappa shape index (κ2) is 6.75. The summed E-state index contributed by atoms with van der Waals surface area (Å²) in [6, 6.07) is 3.73. The van der Waals surface area contributed by atoms with Gasteiger partial charge in [-0.05, 0) is 48.7 Å². The van der Waals surface area contributed by atoms with Crippen molar-refractivity contribution in [3.05, 3.63) is 34.5 Å². The maximum atomic E-state index is 11.7. The van der Waals surface area contributed by atoms with Crippen molar-refractivity contribution < 1.29 is 19.1 Å². The van der Waals surface area contributed by atoms with Gasteiger partial charge in [-0.25, -0.2) is 4.79 Å². The van der Waals surface area contributed by atoms with Crippen LogP contribution in [0, 0.1) is 13.8 Å². The van der Waals surface area contributed by atoms with Crippen molar-refractivity contribution >= 4 is 18.0 Å². The molecule has 0 unspecified atom stereocenters. The van der Waals surface area contributed by atoms with Crippen LogP contribution >= 0.6 is 0 Å². The Bertz CT molecular complexity index is 538. The van der Waals surface area contributed by atoms with E-state index in [4.69, 9.17) is 4.74 Å². The van der Waals surface area contributed by atoms with Crippen LogP contribution in [-0.2, 0) is 14.3 Å². The fourth-order valence-electron chi connectivity index (χ4n) is 1.87. The lowest BCUT2D eigenvalue weighted by Crippen LogP contribution is -2.25. The van der Waals surface area contributed by atoms with E-state index < -0.39 is 5.97 Å². The molecule has 0 aromatic heterocycles. The lowest BCUT2D eigenvalue weighted by molar-refractivity contribution is -0.137. The third-order valence-corrected chi connectivity index (χ3v) is 2.81. The summed E-state index contributed by atoms with van der Waals surface area (Å²) in [6.45, 7) is 5.15. The van der Waals surface area contributed by atoms with Crippen LogP contribution in [0.2, 0.25) is 0 Å². The molecule has 1 aromatic carbocycles. The quantitative estimate of drug-likeness (QED) is 0.675. The van der Waals surface area contributed by atoms with Gasteiger partial charge in [-0.15, -0.1) is 0 Å². The van der Waals surface area contributed by atoms with Gasteiger partial charge in [0.2, 0.25) is 5.91 Å². The van der Waals surface area contributed by atoms with E-state index in [0.717, 1.165) is 22.4 Å². The van der Waals surface area contributed by atoms with Gasteiger partial charge in [0.05, 0.1) is 14.2 Å². The van der Waals surface area contributed by atoms with Crippen molar-refractivity contribution in [1.82, 2.24) is 5.32 Å². The molecule has 0 fully saturated rings. The van der Waals surface area contributed by atoms with Gasteiger partial charge in [0.1, 0.15) is 11.4 Å². The van der Waals surface area contributed by atoms with E-state index in [1.807, 2.05) is 26.0 Å². The molecular weight excluding hydrogens is 258 g/mol. The zero-order valence-electron chi connectivity index (χ0n) is 12.4. The molecule has 0 heterocycles. The average Bonchev–Trinajstić information content (AvgIpc) is 2.39. The summed E-state index contributed by atoms with van der Waals surface area (Å²) >= 11 is 0. The van der Waals surface area contributed by atoms with Crippen molar-refractivity contribution in [3.8, 4) is 5.75 Å². The highest BCUT2D eigenvalue weighted by Crippen LogP contribution is 2.23. The van der Waals surface area contributed by atoms with E-state index in [1.54, 1.807) is 13.2 Å². The zero-order chi connectivity index (χ0) is 15.3. The third kappa shape index (κ3) is 3.85. The molecule has 0 saturated heterocycles. The monoisotopic (exact) mass is 277 g/mol. The first kappa shape index (κ1) is 15.8. The summed E-state index contributed by atoms with van der Waals surface area (Å²) in [7, 11) is 2.87. The Labute approximate surface area is 118 Å². The Hall–Kier alpha value is -2.30. The highest BCUT2D eigenvalue weighted by atomic mass is 16.5. The summed E-state index contributed by atoms with van der Waals surface area (Å²) in [6.07, 6.45) is 1.61. The molecule has 0 atom stereocenters. The summed E-state index contributed by atoms with van der Waals surface area (Å²) in [5.74, 6) is -0.170. The maximum absolute atomic E-state index is 11.7. The first-order valence-electron chi connectivity index (χ1n) is 6.12. The van der Waals surface area contributed by atoms with Crippen LogP contribution in [-0.4, -0.2) is 26.1 Å². The Balaban J connectivity index is 3.30. The van der Waals surface area contributed by atoms with E-state index in [9.17, 15) is 9.59 Å². The van der Waals surface area contributed by atoms with Gasteiger partial charge >= 0.3 is 5.97 Å². The van der Waals surface area contributed by atoms with Gasteiger partial charge in [-0.1, -0.05) is 0 Å². The fourth-order valence-corrected chi connectivity index (χ4v) is 1.87. The molecule has 0 spiro atoms. The minimum atomic E-state index is -0.588. The van der Waals surface area contributed by atoms with Gasteiger partial charge < -0.3 is 14.8 Å². The molecule has 1 N–H and O–H groups in total. The number of carbonyl (C=O) groups is 2. The maximum Gasteiger partial charge on any atom is 0.354 e. The second-order valence-corrected chi connectivity index (χ2v) is 4.41. The molecule has 1 amide bonds. The number of aryl methyl sites for hydroxylation is 2. The Kier molecular flexibility index (Phi) is 5.32. The largest absolute Gasteiger partial charge is 0.497 e. The lowest BCUT2D eigenvalue weighted by atomic mass is 10.0. The SMILES string of the molecule is COC(=O)C(=Cc1c(C)cc(OC)cc1C)NC(C)=O. The van der Waals surface area contributed by atoms with Crippen LogP contribution in [0.25, 0.3) is 6.08 Å². The lowest BCUT2D eigenvalue weighted by Gasteiger charge is -2.11. The summed E-state index contributed by atoms with van der Waals surface area (Å²) in [4.78, 5) is 22.8. The molecule has 0 radical (unpaired) electrons. The fraction of sp³-hybridized carbons (Fsp3) is 0.333. The standard InChI is InChI=1S/C15H19NO4/c1-9-6-12(19-4)7-10(2)13(9)8-14(15(18)20-5)16-11(3)17/h6-8H,1-5H3,(H,16,17). The molecule has 0 aliphatic carbocycles. The summed E-state index contributed by atoms with van der Waals surface area (Å²) in [5.41, 5.74) is 2.83. The van der Waals surface area contributed by atoms with Crippen LogP contribution in [0.3, 0.4) is 0 Å². The smallest absolute Gasteiger partial charge is 0.354 e. The van der Waals surface area contributed by atoms with E-state index in [1.165, 1.54) is 14.0 Å². The van der Waals surface area contributed by atoms with Crippen molar-refractivity contribution in [1.29, 1.82) is 0 Å². The Morgan fingerprint density at radius 1 is 1.15 bits per heavy atom. The highest BCUT2D eigenvalue weighted by molar-refractivity contribution is 5.97. The molecule has 1 aromatic rings. The van der Waals surface area contributed by atoms with Gasteiger partial charge in [0.25, 0.3) is 0 Å². The third-order valence-electron chi connectivity index (χ3n) is 2.81. The van der Waals surface area contributed by atoms with E-state index in [-0.39, 0.29) is 11.6 Å². The van der Waals surface area contributed by atoms with Crippen molar-refractivity contribution in [2.75, 3.05) is 14.2 Å². The first-order valence-corrected chi connectivity index (χ1v) is 6.12. The number of esters is 1. The van der Waals surface area contributed by atoms with Gasteiger partial charge in [-0.3, -0.25) is 4.79 Å². The van der Waals surface area contributed by atoms with E-state index in [0.29, 0.717) is 0 Å². The number of carbonyl (C=O) groups excluding carboxylic acids is 2. The molecule has 5 heteroatoms. The molecule has 0 bridgehead atoms. The summed E-state index contributed by atoms with van der Waals surface area (Å²) in [5, 5.41) is 2.48. The van der Waals surface area contributed by atoms with Crippen LogP contribution < -0.4 is 10.1 Å². The number of benzene rings is 1. The predicted molar refractivity (Wildman–Crippen MR) is 76.3 cm³/mol. The first-order chi connectivity index (χ1) is 9.38. The molecule has 108 valence electrons. The molecule has 20 heavy (non-hydrogen) atoms. The van der Waals surface area contributed by atoms with Gasteiger partial charge in [0, 0.05) is 6.92 Å². The molecule has 1 rings (SSSR count). The molecule has 0 aliphatic heterocycles. The number of hydrogen-bond donors (Lipinski definition) is 1. The Morgan fingerprint density at radius 2 is 1.70 bits per heavy atom. The summed E-state index contributed by atoms with van der Waals surface area (Å²) < 4.78 is 9.85. The van der Waals surface area contributed by atoms with Crippen molar-refractivity contribution in [2.24, 2.45) is 0 Å². The predicted octanol–water partition coefficient (Wildman–Crippen LogP) is 1.96. The van der Waals surface area contributed by atoms with Gasteiger partial charge in [-0.2, -0.15) is 0 Å². The topological polar surface area (TPSA) is 64.6 Å². The van der Waals surface area contributed by atoms with Crippen LogP contribution in [0.1, 0.15) is 23.6 Å². The van der Waals surface area contributed by atoms with E-state index in [2.05, 4.69) is 10.1 Å². The zero-order valence-corrected chi connectivity index (χ0v) is 12.4. The normalized spacial score (nSPS) is 10.9. The minimum absolute atomic E-state index is 0.108. The van der Waals surface area contributed by atoms with Crippen molar-refractivity contribution in [3.63, 3.8) is 0 Å². The van der Waals surface area contributed by atoms with Crippen molar-refractivity contribution in [2.45, 2.75) is 20.8 Å². The molecule has 5 nitrogen and oxygen atoms in total. The van der Waals surface area contributed by atoms with Crippen LogP contribution in [0.15, 0.2) is 17.8 Å². The van der Waals surface area contributed by atoms with Crippen LogP contribution in [0.4, 0.5) is 0 Å². The number of methoxy groups -OCH3 is 2. The Morgan fingerprint density at radius 3 is 2.10 bits per heavy atom. The second-order valence-electron chi connectivity index (χ2n) is 4.41. The van der Waals surface area contributed by atoms with Gasteiger partial charge in [0.15, 0.2) is 0 Å². The number of ether oxygens (including phenoxy) is 2. The minimum Gasteiger partial charge on any atom is -0.497 e. The number of hydrogen-bond acceptors (Lipinski definition) is 4. The molecule has 0 saturated carbocycles. The molecule has 0 aliphatic rings.